The van der Waals surface area contributed by atoms with Crippen LogP contribution in [0.3, 0.4) is 0 Å². The molecule has 5 nitrogen and oxygen atoms in total. The SMILES string of the molecule is Cn1ncc2c1CCCC2NC(=O)CCCO. The summed E-state index contributed by atoms with van der Waals surface area (Å²) in [6.45, 7) is 0.0657. The van der Waals surface area contributed by atoms with E-state index in [0.717, 1.165) is 24.8 Å². The second-order valence-corrected chi connectivity index (χ2v) is 4.51. The zero-order valence-electron chi connectivity index (χ0n) is 10.1. The first kappa shape index (κ1) is 12.1. The van der Waals surface area contributed by atoms with Crippen molar-refractivity contribution in [2.45, 2.75) is 38.1 Å². The monoisotopic (exact) mass is 237 g/mol. The van der Waals surface area contributed by atoms with Crippen molar-refractivity contribution in [1.29, 1.82) is 0 Å². The number of aliphatic hydroxyl groups is 1. The van der Waals surface area contributed by atoms with Crippen molar-refractivity contribution >= 4 is 5.91 Å². The van der Waals surface area contributed by atoms with E-state index in [2.05, 4.69) is 10.4 Å². The normalized spacial score (nSPS) is 18.8. The van der Waals surface area contributed by atoms with E-state index in [1.165, 1.54) is 5.69 Å². The summed E-state index contributed by atoms with van der Waals surface area (Å²) in [5, 5.41) is 16.0. The predicted octanol–water partition coefficient (Wildman–Crippen LogP) is 0.686. The predicted molar refractivity (Wildman–Crippen MR) is 63.3 cm³/mol. The number of rotatable bonds is 4. The highest BCUT2D eigenvalue weighted by Gasteiger charge is 2.24. The molecule has 0 saturated heterocycles. The molecule has 0 aromatic carbocycles. The van der Waals surface area contributed by atoms with Crippen LogP contribution in [0.25, 0.3) is 0 Å². The van der Waals surface area contributed by atoms with E-state index in [1.807, 2.05) is 17.9 Å². The van der Waals surface area contributed by atoms with Crippen molar-refractivity contribution in [3.63, 3.8) is 0 Å². The van der Waals surface area contributed by atoms with Gasteiger partial charge >= 0.3 is 0 Å². The Morgan fingerprint density at radius 2 is 2.53 bits per heavy atom. The summed E-state index contributed by atoms with van der Waals surface area (Å²) in [6, 6.07) is 0.0960. The van der Waals surface area contributed by atoms with E-state index in [1.54, 1.807) is 0 Å². The first-order valence-electron chi connectivity index (χ1n) is 6.13. The van der Waals surface area contributed by atoms with Crippen LogP contribution in [0.15, 0.2) is 6.20 Å². The Hall–Kier alpha value is -1.36. The summed E-state index contributed by atoms with van der Waals surface area (Å²) in [4.78, 5) is 11.6. The van der Waals surface area contributed by atoms with Gasteiger partial charge in [-0.3, -0.25) is 9.48 Å². The summed E-state index contributed by atoms with van der Waals surface area (Å²) in [5.74, 6) is 0.0146. The van der Waals surface area contributed by atoms with Gasteiger partial charge in [-0.05, 0) is 25.7 Å². The van der Waals surface area contributed by atoms with Crippen LogP contribution in [-0.4, -0.2) is 27.4 Å². The van der Waals surface area contributed by atoms with E-state index in [9.17, 15) is 4.79 Å². The van der Waals surface area contributed by atoms with Crippen LogP contribution in [0, 0.1) is 0 Å². The molecule has 0 radical (unpaired) electrons. The van der Waals surface area contributed by atoms with Gasteiger partial charge in [-0.15, -0.1) is 0 Å². The maximum absolute atomic E-state index is 11.6. The van der Waals surface area contributed by atoms with Gasteiger partial charge in [0.1, 0.15) is 0 Å². The standard InChI is InChI=1S/C12H19N3O2/c1-15-11-5-2-4-10(9(11)8-13-15)14-12(17)6-3-7-16/h8,10,16H,2-7H2,1H3,(H,14,17). The third kappa shape index (κ3) is 2.66. The minimum Gasteiger partial charge on any atom is -0.396 e. The van der Waals surface area contributed by atoms with E-state index in [0.29, 0.717) is 12.8 Å². The zero-order valence-corrected chi connectivity index (χ0v) is 10.1. The number of aromatic nitrogens is 2. The van der Waals surface area contributed by atoms with Crippen LogP contribution in [0.5, 0.6) is 0 Å². The van der Waals surface area contributed by atoms with Gasteiger partial charge in [-0.2, -0.15) is 5.10 Å². The fraction of sp³-hybridized carbons (Fsp3) is 0.667. The molecule has 1 heterocycles. The molecule has 1 unspecified atom stereocenters. The lowest BCUT2D eigenvalue weighted by Crippen LogP contribution is -2.30. The maximum Gasteiger partial charge on any atom is 0.220 e. The van der Waals surface area contributed by atoms with Crippen LogP contribution in [0.2, 0.25) is 0 Å². The lowest BCUT2D eigenvalue weighted by Gasteiger charge is -2.23. The van der Waals surface area contributed by atoms with Crippen LogP contribution in [0.4, 0.5) is 0 Å². The molecule has 0 saturated carbocycles. The number of carbonyl (C=O) groups is 1. The van der Waals surface area contributed by atoms with Crippen molar-refractivity contribution in [3.8, 4) is 0 Å². The Labute approximate surface area is 101 Å². The highest BCUT2D eigenvalue weighted by atomic mass is 16.3. The van der Waals surface area contributed by atoms with Crippen molar-refractivity contribution in [1.82, 2.24) is 15.1 Å². The van der Waals surface area contributed by atoms with Gasteiger partial charge in [0, 0.05) is 31.3 Å². The molecule has 1 atom stereocenters. The minimum atomic E-state index is 0.0146. The van der Waals surface area contributed by atoms with Gasteiger partial charge in [0.05, 0.1) is 12.2 Å². The molecule has 5 heteroatoms. The topological polar surface area (TPSA) is 67.2 Å². The number of aliphatic hydroxyl groups excluding tert-OH is 1. The van der Waals surface area contributed by atoms with Crippen LogP contribution < -0.4 is 5.32 Å². The number of hydrogen-bond acceptors (Lipinski definition) is 3. The molecule has 2 rings (SSSR count). The van der Waals surface area contributed by atoms with Gasteiger partial charge in [-0.25, -0.2) is 0 Å². The molecule has 1 aliphatic carbocycles. The fourth-order valence-corrected chi connectivity index (χ4v) is 2.36. The Bertz CT molecular complexity index is 400. The molecule has 94 valence electrons. The molecule has 0 fully saturated rings. The molecule has 1 amide bonds. The van der Waals surface area contributed by atoms with Crippen molar-refractivity contribution in [2.24, 2.45) is 7.05 Å². The first-order valence-corrected chi connectivity index (χ1v) is 6.13. The highest BCUT2D eigenvalue weighted by Crippen LogP contribution is 2.29. The average Bonchev–Trinajstić information content (AvgIpc) is 2.70. The summed E-state index contributed by atoms with van der Waals surface area (Å²) in [6.07, 6.45) is 5.86. The Morgan fingerprint density at radius 1 is 1.71 bits per heavy atom. The molecule has 1 aliphatic rings. The van der Waals surface area contributed by atoms with Crippen molar-refractivity contribution < 1.29 is 9.90 Å². The molecule has 0 spiro atoms. The molecular weight excluding hydrogens is 218 g/mol. The van der Waals surface area contributed by atoms with E-state index < -0.39 is 0 Å². The number of hydrogen-bond donors (Lipinski definition) is 2. The second kappa shape index (κ2) is 5.31. The number of fused-ring (bicyclic) bond motifs is 1. The summed E-state index contributed by atoms with van der Waals surface area (Å²) >= 11 is 0. The van der Waals surface area contributed by atoms with E-state index in [-0.39, 0.29) is 18.6 Å². The quantitative estimate of drug-likeness (QED) is 0.809. The lowest BCUT2D eigenvalue weighted by atomic mass is 9.93. The van der Waals surface area contributed by atoms with E-state index >= 15 is 0 Å². The smallest absolute Gasteiger partial charge is 0.220 e. The van der Waals surface area contributed by atoms with Gasteiger partial charge in [0.25, 0.3) is 0 Å². The van der Waals surface area contributed by atoms with Crippen molar-refractivity contribution in [3.05, 3.63) is 17.5 Å². The van der Waals surface area contributed by atoms with E-state index in [4.69, 9.17) is 5.11 Å². The number of aryl methyl sites for hydroxylation is 1. The Morgan fingerprint density at radius 3 is 3.29 bits per heavy atom. The summed E-state index contributed by atoms with van der Waals surface area (Å²) < 4.78 is 1.89. The highest BCUT2D eigenvalue weighted by molar-refractivity contribution is 5.76. The van der Waals surface area contributed by atoms with Gasteiger partial charge in [-0.1, -0.05) is 0 Å². The second-order valence-electron chi connectivity index (χ2n) is 4.51. The van der Waals surface area contributed by atoms with Gasteiger partial charge < -0.3 is 10.4 Å². The fourth-order valence-electron chi connectivity index (χ4n) is 2.36. The van der Waals surface area contributed by atoms with Crippen LogP contribution in [-0.2, 0) is 18.3 Å². The molecule has 2 N–H and O–H groups in total. The number of amides is 1. The first-order chi connectivity index (χ1) is 8.22. The molecule has 1 aromatic rings. The Balaban J connectivity index is 2.01. The third-order valence-electron chi connectivity index (χ3n) is 3.27. The maximum atomic E-state index is 11.6. The molecular formula is C12H19N3O2. The number of nitrogens with zero attached hydrogens (tertiary/aromatic N) is 2. The van der Waals surface area contributed by atoms with Gasteiger partial charge in [0.2, 0.25) is 5.91 Å². The van der Waals surface area contributed by atoms with Crippen LogP contribution >= 0.6 is 0 Å². The minimum absolute atomic E-state index is 0.0146. The number of nitrogens with one attached hydrogen (secondary N) is 1. The third-order valence-corrected chi connectivity index (χ3v) is 3.27. The average molecular weight is 237 g/mol. The lowest BCUT2D eigenvalue weighted by molar-refractivity contribution is -0.122. The Kier molecular flexibility index (Phi) is 3.78. The molecule has 1 aromatic heterocycles. The largest absolute Gasteiger partial charge is 0.396 e. The zero-order chi connectivity index (χ0) is 12.3. The molecule has 0 bridgehead atoms. The van der Waals surface area contributed by atoms with Crippen molar-refractivity contribution in [2.75, 3.05) is 6.61 Å². The van der Waals surface area contributed by atoms with Gasteiger partial charge in [0.15, 0.2) is 0 Å². The summed E-state index contributed by atoms with van der Waals surface area (Å²) in [7, 11) is 1.94. The molecule has 17 heavy (non-hydrogen) atoms. The molecule has 0 aliphatic heterocycles. The summed E-state index contributed by atoms with van der Waals surface area (Å²) in [5.41, 5.74) is 2.37. The van der Waals surface area contributed by atoms with Crippen LogP contribution in [0.1, 0.15) is 43.0 Å². The number of carbonyl (C=O) groups excluding carboxylic acids is 1.